The van der Waals surface area contributed by atoms with Gasteiger partial charge in [-0.3, -0.25) is 0 Å². The molecule has 4 aromatic rings. The van der Waals surface area contributed by atoms with Gasteiger partial charge in [-0.1, -0.05) is 35.9 Å². The fourth-order valence-electron chi connectivity index (χ4n) is 3.22. The largest absolute Gasteiger partial charge is 0.493 e. The number of hydrogen-bond donors (Lipinski definition) is 1. The number of nitrogens with zero attached hydrogens (tertiary/aromatic N) is 4. The van der Waals surface area contributed by atoms with Crippen LogP contribution in [0.25, 0.3) is 5.69 Å². The van der Waals surface area contributed by atoms with Gasteiger partial charge in [-0.15, -0.1) is 5.10 Å². The van der Waals surface area contributed by atoms with Crippen LogP contribution in [0.15, 0.2) is 66.7 Å². The summed E-state index contributed by atoms with van der Waals surface area (Å²) in [5.41, 5.74) is 4.09. The summed E-state index contributed by atoms with van der Waals surface area (Å²) in [5, 5.41) is 15.3. The van der Waals surface area contributed by atoms with Gasteiger partial charge in [0.25, 0.3) is 0 Å². The van der Waals surface area contributed by atoms with Crippen molar-refractivity contribution in [3.05, 3.63) is 95.1 Å². The van der Waals surface area contributed by atoms with Crippen molar-refractivity contribution < 1.29 is 13.9 Å². The van der Waals surface area contributed by atoms with Gasteiger partial charge in [0.15, 0.2) is 23.9 Å². The fraction of sp³-hybridized carbons (Fsp3) is 0.208. The Bertz CT molecular complexity index is 1160. The van der Waals surface area contributed by atoms with Gasteiger partial charge < -0.3 is 14.8 Å². The zero-order valence-corrected chi connectivity index (χ0v) is 18.0. The van der Waals surface area contributed by atoms with Crippen molar-refractivity contribution in [3.8, 4) is 17.2 Å². The maximum atomic E-state index is 13.0. The standard InChI is InChI=1S/C24H24FN5O2/c1-17-3-10-21(11-4-17)30-24(27-28-29-30)16-32-22-12-7-19(13-23(22)31-2)15-26-14-18-5-8-20(25)9-6-18/h3-13,26H,14-16H2,1-2H3. The molecule has 0 radical (unpaired) electrons. The normalized spacial score (nSPS) is 10.8. The molecule has 0 aliphatic heterocycles. The molecular weight excluding hydrogens is 409 g/mol. The van der Waals surface area contributed by atoms with E-state index in [1.807, 2.05) is 49.4 Å². The summed E-state index contributed by atoms with van der Waals surface area (Å²) < 4.78 is 26.1. The highest BCUT2D eigenvalue weighted by molar-refractivity contribution is 5.43. The van der Waals surface area contributed by atoms with E-state index in [0.717, 1.165) is 22.4 Å². The third-order valence-corrected chi connectivity index (χ3v) is 4.97. The van der Waals surface area contributed by atoms with Crippen LogP contribution in [0, 0.1) is 12.7 Å². The molecule has 3 aromatic carbocycles. The molecule has 0 amide bonds. The number of methoxy groups -OCH3 is 1. The van der Waals surface area contributed by atoms with Gasteiger partial charge in [0.2, 0.25) is 0 Å². The first kappa shape index (κ1) is 21.5. The molecular formula is C24H24FN5O2. The van der Waals surface area contributed by atoms with Gasteiger partial charge in [-0.2, -0.15) is 4.68 Å². The Kier molecular flexibility index (Phi) is 6.72. The number of hydrogen-bond acceptors (Lipinski definition) is 6. The van der Waals surface area contributed by atoms with Crippen LogP contribution < -0.4 is 14.8 Å². The Labute approximate surface area is 185 Å². The topological polar surface area (TPSA) is 74.1 Å². The fourth-order valence-corrected chi connectivity index (χ4v) is 3.22. The predicted molar refractivity (Wildman–Crippen MR) is 118 cm³/mol. The lowest BCUT2D eigenvalue weighted by Gasteiger charge is -2.13. The first-order valence-electron chi connectivity index (χ1n) is 10.2. The Morgan fingerprint density at radius 1 is 0.906 bits per heavy atom. The molecule has 8 heteroatoms. The molecule has 0 unspecified atom stereocenters. The molecule has 0 saturated carbocycles. The van der Waals surface area contributed by atoms with Crippen LogP contribution >= 0.6 is 0 Å². The second-order valence-corrected chi connectivity index (χ2v) is 7.35. The number of aryl methyl sites for hydroxylation is 1. The van der Waals surface area contributed by atoms with E-state index in [9.17, 15) is 4.39 Å². The first-order chi connectivity index (χ1) is 15.6. The molecule has 32 heavy (non-hydrogen) atoms. The van der Waals surface area contributed by atoms with Gasteiger partial charge in [-0.25, -0.2) is 4.39 Å². The van der Waals surface area contributed by atoms with Gasteiger partial charge >= 0.3 is 0 Å². The summed E-state index contributed by atoms with van der Waals surface area (Å²) in [6.07, 6.45) is 0. The van der Waals surface area contributed by atoms with Crippen molar-refractivity contribution in [1.82, 2.24) is 25.5 Å². The van der Waals surface area contributed by atoms with Crippen molar-refractivity contribution in [2.24, 2.45) is 0 Å². The molecule has 1 heterocycles. The molecule has 0 bridgehead atoms. The smallest absolute Gasteiger partial charge is 0.194 e. The number of halogens is 1. The SMILES string of the molecule is COc1cc(CNCc2ccc(F)cc2)ccc1OCc1nnnn1-c1ccc(C)cc1. The summed E-state index contributed by atoms with van der Waals surface area (Å²) in [6.45, 7) is 3.50. The number of aromatic nitrogens is 4. The second-order valence-electron chi connectivity index (χ2n) is 7.35. The molecule has 1 aromatic heterocycles. The summed E-state index contributed by atoms with van der Waals surface area (Å²) in [4.78, 5) is 0. The molecule has 0 saturated heterocycles. The van der Waals surface area contributed by atoms with Crippen LogP contribution in [0.5, 0.6) is 11.5 Å². The van der Waals surface area contributed by atoms with E-state index in [1.165, 1.54) is 12.1 Å². The van der Waals surface area contributed by atoms with Crippen LogP contribution in [-0.2, 0) is 19.7 Å². The zero-order chi connectivity index (χ0) is 22.3. The van der Waals surface area contributed by atoms with Crippen LogP contribution in [0.4, 0.5) is 4.39 Å². The van der Waals surface area contributed by atoms with Crippen molar-refractivity contribution in [1.29, 1.82) is 0 Å². The third-order valence-electron chi connectivity index (χ3n) is 4.97. The van der Waals surface area contributed by atoms with Gasteiger partial charge in [0.05, 0.1) is 12.8 Å². The van der Waals surface area contributed by atoms with E-state index >= 15 is 0 Å². The Balaban J connectivity index is 1.38. The lowest BCUT2D eigenvalue weighted by molar-refractivity contribution is 0.273. The van der Waals surface area contributed by atoms with Crippen LogP contribution in [0.3, 0.4) is 0 Å². The first-order valence-corrected chi connectivity index (χ1v) is 10.2. The van der Waals surface area contributed by atoms with E-state index in [1.54, 1.807) is 23.9 Å². The predicted octanol–water partition coefficient (Wildman–Crippen LogP) is 3.99. The molecule has 0 spiro atoms. The highest BCUT2D eigenvalue weighted by Crippen LogP contribution is 2.29. The highest BCUT2D eigenvalue weighted by Gasteiger charge is 2.12. The Morgan fingerprint density at radius 3 is 2.38 bits per heavy atom. The summed E-state index contributed by atoms with van der Waals surface area (Å²) >= 11 is 0. The van der Waals surface area contributed by atoms with Crippen molar-refractivity contribution in [3.63, 3.8) is 0 Å². The maximum absolute atomic E-state index is 13.0. The van der Waals surface area contributed by atoms with Gasteiger partial charge in [-0.05, 0) is 64.9 Å². The molecule has 164 valence electrons. The number of tetrazole rings is 1. The number of benzene rings is 3. The van der Waals surface area contributed by atoms with Crippen molar-refractivity contribution in [2.75, 3.05) is 7.11 Å². The zero-order valence-electron chi connectivity index (χ0n) is 18.0. The molecule has 0 aliphatic carbocycles. The monoisotopic (exact) mass is 433 g/mol. The maximum Gasteiger partial charge on any atom is 0.194 e. The number of nitrogens with one attached hydrogen (secondary N) is 1. The van der Waals surface area contributed by atoms with E-state index in [-0.39, 0.29) is 12.4 Å². The van der Waals surface area contributed by atoms with E-state index < -0.39 is 0 Å². The third kappa shape index (κ3) is 5.28. The lowest BCUT2D eigenvalue weighted by atomic mass is 10.2. The number of ether oxygens (including phenoxy) is 2. The average Bonchev–Trinajstić information content (AvgIpc) is 3.28. The molecule has 0 aliphatic rings. The van der Waals surface area contributed by atoms with Gasteiger partial charge in [0, 0.05) is 13.1 Å². The lowest BCUT2D eigenvalue weighted by Crippen LogP contribution is -2.13. The molecule has 4 rings (SSSR count). The summed E-state index contributed by atoms with van der Waals surface area (Å²) in [7, 11) is 1.61. The van der Waals surface area contributed by atoms with E-state index in [2.05, 4.69) is 20.8 Å². The van der Waals surface area contributed by atoms with E-state index in [0.29, 0.717) is 30.4 Å². The van der Waals surface area contributed by atoms with Crippen LogP contribution in [-0.4, -0.2) is 27.3 Å². The number of rotatable bonds is 9. The van der Waals surface area contributed by atoms with Crippen LogP contribution in [0.1, 0.15) is 22.5 Å². The molecule has 0 fully saturated rings. The van der Waals surface area contributed by atoms with Gasteiger partial charge in [0.1, 0.15) is 5.82 Å². The van der Waals surface area contributed by atoms with Crippen LogP contribution in [0.2, 0.25) is 0 Å². The molecule has 0 atom stereocenters. The summed E-state index contributed by atoms with van der Waals surface area (Å²) in [6, 6.07) is 20.2. The molecule has 7 nitrogen and oxygen atoms in total. The Morgan fingerprint density at radius 2 is 1.62 bits per heavy atom. The van der Waals surface area contributed by atoms with E-state index in [4.69, 9.17) is 9.47 Å². The average molecular weight is 433 g/mol. The minimum Gasteiger partial charge on any atom is -0.493 e. The second kappa shape index (κ2) is 10.0. The Hall–Kier alpha value is -3.78. The highest BCUT2D eigenvalue weighted by atomic mass is 19.1. The van der Waals surface area contributed by atoms with Crippen molar-refractivity contribution >= 4 is 0 Å². The quantitative estimate of drug-likeness (QED) is 0.430. The minimum absolute atomic E-state index is 0.194. The molecule has 1 N–H and O–H groups in total. The van der Waals surface area contributed by atoms with Crippen molar-refractivity contribution in [2.45, 2.75) is 26.6 Å². The summed E-state index contributed by atoms with van der Waals surface area (Å²) in [5.74, 6) is 1.58. The minimum atomic E-state index is -0.234.